The van der Waals surface area contributed by atoms with Crippen molar-refractivity contribution < 1.29 is 14.3 Å². The van der Waals surface area contributed by atoms with Crippen LogP contribution in [0.3, 0.4) is 0 Å². The van der Waals surface area contributed by atoms with Gasteiger partial charge in [-0.3, -0.25) is 9.59 Å². The molecule has 2 saturated carbocycles. The largest absolute Gasteiger partial charge is 0.469 e. The van der Waals surface area contributed by atoms with Crippen LogP contribution >= 0.6 is 0 Å². The van der Waals surface area contributed by atoms with Gasteiger partial charge < -0.3 is 4.74 Å². The van der Waals surface area contributed by atoms with E-state index < -0.39 is 0 Å². The Morgan fingerprint density at radius 2 is 1.78 bits per heavy atom. The van der Waals surface area contributed by atoms with E-state index in [0.717, 1.165) is 38.5 Å². The number of carbonyl (C=O) groups excluding carboxylic acids is 2. The summed E-state index contributed by atoms with van der Waals surface area (Å²) in [7, 11) is 1.49. The molecule has 0 saturated heterocycles. The summed E-state index contributed by atoms with van der Waals surface area (Å²) in [4.78, 5) is 25.2. The minimum Gasteiger partial charge on any atom is -0.469 e. The van der Waals surface area contributed by atoms with Crippen LogP contribution < -0.4 is 0 Å². The van der Waals surface area contributed by atoms with Crippen molar-refractivity contribution in [3.63, 3.8) is 0 Å². The van der Waals surface area contributed by atoms with Crippen molar-refractivity contribution in [2.45, 2.75) is 78.6 Å². The first-order chi connectivity index (χ1) is 10.8. The summed E-state index contributed by atoms with van der Waals surface area (Å²) in [5.74, 6) is 0.964. The molecule has 0 amide bonds. The number of fused-ring (bicyclic) bond motifs is 1. The average molecular weight is 322 g/mol. The van der Waals surface area contributed by atoms with E-state index in [4.69, 9.17) is 4.74 Å². The predicted octanol–water partition coefficient (Wildman–Crippen LogP) is 4.78. The first-order valence-corrected chi connectivity index (χ1v) is 9.42. The third-order valence-corrected chi connectivity index (χ3v) is 5.73. The van der Waals surface area contributed by atoms with Gasteiger partial charge in [0.15, 0.2) is 0 Å². The Morgan fingerprint density at radius 3 is 2.39 bits per heavy atom. The van der Waals surface area contributed by atoms with E-state index in [0.29, 0.717) is 18.1 Å². The summed E-state index contributed by atoms with van der Waals surface area (Å²) in [5, 5.41) is 0. The van der Waals surface area contributed by atoms with Gasteiger partial charge in [-0.15, -0.1) is 0 Å². The Hall–Kier alpha value is -0.860. The molecule has 2 fully saturated rings. The summed E-state index contributed by atoms with van der Waals surface area (Å²) >= 11 is 0. The third kappa shape index (κ3) is 5.06. The van der Waals surface area contributed by atoms with Crippen LogP contribution in [-0.2, 0) is 14.3 Å². The van der Waals surface area contributed by atoms with Crippen LogP contribution in [0.5, 0.6) is 0 Å². The first kappa shape index (κ1) is 18.5. The van der Waals surface area contributed by atoms with Gasteiger partial charge in [-0.25, -0.2) is 0 Å². The molecular formula is C20H34O3. The molecule has 0 bridgehead atoms. The molecule has 0 heterocycles. The predicted molar refractivity (Wildman–Crippen MR) is 92.0 cm³/mol. The minimum atomic E-state index is -0.0916. The van der Waals surface area contributed by atoms with Crippen molar-refractivity contribution >= 4 is 11.8 Å². The van der Waals surface area contributed by atoms with E-state index in [1.807, 2.05) is 0 Å². The molecule has 2 aliphatic carbocycles. The standard InChI is InChI=1S/C20H34O3/c1-20(2,3)13-14-11-17-15(18(21)12-14)9-7-5-6-8-10-16(17)19(22)23-4/h14-17H,5-13H2,1-4H3/t14?,15?,16-,17-/m1/s1. The molecular weight excluding hydrogens is 288 g/mol. The van der Waals surface area contributed by atoms with Crippen molar-refractivity contribution in [1.29, 1.82) is 0 Å². The molecule has 23 heavy (non-hydrogen) atoms. The lowest BCUT2D eigenvalue weighted by Gasteiger charge is -2.40. The fourth-order valence-electron chi connectivity index (χ4n) is 4.89. The monoisotopic (exact) mass is 322 g/mol. The molecule has 0 radical (unpaired) electrons. The molecule has 4 atom stereocenters. The van der Waals surface area contributed by atoms with Gasteiger partial charge in [-0.1, -0.05) is 46.5 Å². The van der Waals surface area contributed by atoms with E-state index in [9.17, 15) is 9.59 Å². The lowest BCUT2D eigenvalue weighted by atomic mass is 9.63. The normalized spacial score (nSPS) is 33.1. The maximum atomic E-state index is 12.8. The van der Waals surface area contributed by atoms with Crippen molar-refractivity contribution in [2.75, 3.05) is 7.11 Å². The first-order valence-electron chi connectivity index (χ1n) is 9.42. The van der Waals surface area contributed by atoms with E-state index in [-0.39, 0.29) is 29.1 Å². The highest BCUT2D eigenvalue weighted by molar-refractivity contribution is 5.83. The third-order valence-electron chi connectivity index (χ3n) is 5.73. The van der Waals surface area contributed by atoms with Crippen LogP contribution in [0.15, 0.2) is 0 Å². The lowest BCUT2D eigenvalue weighted by molar-refractivity contribution is -0.151. The Morgan fingerprint density at radius 1 is 1.13 bits per heavy atom. The number of methoxy groups -OCH3 is 1. The van der Waals surface area contributed by atoms with Crippen molar-refractivity contribution in [3.8, 4) is 0 Å². The molecule has 0 N–H and O–H groups in total. The Balaban J connectivity index is 2.22. The van der Waals surface area contributed by atoms with E-state index in [1.165, 1.54) is 20.0 Å². The van der Waals surface area contributed by atoms with Gasteiger partial charge in [0.05, 0.1) is 13.0 Å². The summed E-state index contributed by atoms with van der Waals surface area (Å²) in [5.41, 5.74) is 0.233. The summed E-state index contributed by atoms with van der Waals surface area (Å²) < 4.78 is 5.10. The van der Waals surface area contributed by atoms with Crippen LogP contribution in [0.25, 0.3) is 0 Å². The maximum absolute atomic E-state index is 12.8. The van der Waals surface area contributed by atoms with Gasteiger partial charge in [0.25, 0.3) is 0 Å². The molecule has 3 nitrogen and oxygen atoms in total. The molecule has 0 aliphatic heterocycles. The number of ketones is 1. The number of Topliss-reactive ketones (excluding diaryl/α,β-unsaturated/α-hetero) is 1. The maximum Gasteiger partial charge on any atom is 0.308 e. The van der Waals surface area contributed by atoms with Crippen molar-refractivity contribution in [1.82, 2.24) is 0 Å². The van der Waals surface area contributed by atoms with Crippen LogP contribution in [0.4, 0.5) is 0 Å². The molecule has 0 aromatic heterocycles. The van der Waals surface area contributed by atoms with Gasteiger partial charge >= 0.3 is 5.97 Å². The number of esters is 1. The molecule has 132 valence electrons. The highest BCUT2D eigenvalue weighted by Gasteiger charge is 2.43. The van der Waals surface area contributed by atoms with Crippen molar-refractivity contribution in [3.05, 3.63) is 0 Å². The Bertz CT molecular complexity index is 421. The summed E-state index contributed by atoms with van der Waals surface area (Å²) in [6.07, 6.45) is 9.24. The summed E-state index contributed by atoms with van der Waals surface area (Å²) in [6.45, 7) is 6.72. The van der Waals surface area contributed by atoms with E-state index >= 15 is 0 Å². The lowest BCUT2D eigenvalue weighted by Crippen LogP contribution is -2.40. The number of hydrogen-bond acceptors (Lipinski definition) is 3. The zero-order chi connectivity index (χ0) is 17.0. The smallest absolute Gasteiger partial charge is 0.308 e. The molecule has 0 spiro atoms. The minimum absolute atomic E-state index is 0.0742. The average Bonchev–Trinajstić information content (AvgIpc) is 2.55. The number of rotatable bonds is 2. The van der Waals surface area contributed by atoms with Gasteiger partial charge in [-0.2, -0.15) is 0 Å². The van der Waals surface area contributed by atoms with Gasteiger partial charge in [0.2, 0.25) is 0 Å². The van der Waals surface area contributed by atoms with E-state index in [2.05, 4.69) is 20.8 Å². The molecule has 2 unspecified atom stereocenters. The van der Waals surface area contributed by atoms with Crippen LogP contribution in [-0.4, -0.2) is 18.9 Å². The van der Waals surface area contributed by atoms with Crippen LogP contribution in [0, 0.1) is 29.1 Å². The summed E-state index contributed by atoms with van der Waals surface area (Å²) in [6, 6.07) is 0. The quantitative estimate of drug-likeness (QED) is 0.687. The number of carbonyl (C=O) groups is 2. The number of hydrogen-bond donors (Lipinski definition) is 0. The van der Waals surface area contributed by atoms with Crippen LogP contribution in [0.2, 0.25) is 0 Å². The Kier molecular flexibility index (Phi) is 6.27. The highest BCUT2D eigenvalue weighted by Crippen LogP contribution is 2.45. The highest BCUT2D eigenvalue weighted by atomic mass is 16.5. The van der Waals surface area contributed by atoms with Crippen molar-refractivity contribution in [2.24, 2.45) is 29.1 Å². The van der Waals surface area contributed by atoms with Gasteiger partial charge in [0, 0.05) is 12.3 Å². The SMILES string of the molecule is COC(=O)[C@@H]1CCCCCCC2C(=O)CC(CC(C)(C)C)C[C@H]21. The Labute approximate surface area is 141 Å². The molecule has 0 aromatic carbocycles. The van der Waals surface area contributed by atoms with Gasteiger partial charge in [-0.05, 0) is 42.9 Å². The molecule has 3 heteroatoms. The van der Waals surface area contributed by atoms with E-state index in [1.54, 1.807) is 0 Å². The topological polar surface area (TPSA) is 43.4 Å². The zero-order valence-electron chi connectivity index (χ0n) is 15.4. The molecule has 2 aliphatic rings. The second-order valence-corrected chi connectivity index (χ2v) is 8.93. The fourth-order valence-corrected chi connectivity index (χ4v) is 4.89. The number of ether oxygens (including phenoxy) is 1. The second-order valence-electron chi connectivity index (χ2n) is 8.93. The zero-order valence-corrected chi connectivity index (χ0v) is 15.4. The molecule has 0 aromatic rings. The second kappa shape index (κ2) is 7.81. The fraction of sp³-hybridized carbons (Fsp3) is 0.900. The van der Waals surface area contributed by atoms with Crippen LogP contribution in [0.1, 0.15) is 78.6 Å². The van der Waals surface area contributed by atoms with Gasteiger partial charge in [0.1, 0.15) is 5.78 Å². The molecule has 2 rings (SSSR count).